The quantitative estimate of drug-likeness (QED) is 0.404. The highest BCUT2D eigenvalue weighted by Gasteiger charge is 2.26. The molecular weight excluding hydrogens is 351 g/mol. The van der Waals surface area contributed by atoms with Crippen molar-refractivity contribution >= 4 is 29.2 Å². The molecule has 1 N–H and O–H groups in total. The summed E-state index contributed by atoms with van der Waals surface area (Å²) in [7, 11) is 0. The maximum Gasteiger partial charge on any atom is 0.303 e. The van der Waals surface area contributed by atoms with Gasteiger partial charge in [0, 0.05) is 28.2 Å². The smallest absolute Gasteiger partial charge is 0.303 e. The van der Waals surface area contributed by atoms with Crippen LogP contribution in [0, 0.1) is 0 Å². The molecule has 1 heterocycles. The average Bonchev–Trinajstić information content (AvgIpc) is 2.55. The number of aromatic nitrogens is 1. The van der Waals surface area contributed by atoms with Crippen LogP contribution in [0.15, 0.2) is 47.7 Å². The molecule has 24 heavy (non-hydrogen) atoms. The molecule has 0 spiro atoms. The number of carboxylic acids is 1. The van der Waals surface area contributed by atoms with E-state index in [9.17, 15) is 4.79 Å². The number of carboxylic acid groups (broad SMARTS) is 1. The van der Waals surface area contributed by atoms with Gasteiger partial charge in [-0.1, -0.05) is 40.4 Å². The van der Waals surface area contributed by atoms with Crippen molar-refractivity contribution in [1.29, 1.82) is 0 Å². The summed E-state index contributed by atoms with van der Waals surface area (Å²) in [5.41, 5.74) is 10.3. The van der Waals surface area contributed by atoms with Crippen LogP contribution < -0.4 is 0 Å². The molecule has 1 aromatic carbocycles. The summed E-state index contributed by atoms with van der Waals surface area (Å²) in [5.74, 6) is -1.30. The number of halogens is 2. The molecule has 0 saturated heterocycles. The predicted molar refractivity (Wildman–Crippen MR) is 92.2 cm³/mol. The molecule has 0 aliphatic heterocycles. The maximum atomic E-state index is 11.0. The number of benzene rings is 1. The lowest BCUT2D eigenvalue weighted by atomic mass is 9.86. The number of aliphatic carboxylic acids is 1. The summed E-state index contributed by atoms with van der Waals surface area (Å²) >= 11 is 11.9. The van der Waals surface area contributed by atoms with E-state index in [-0.39, 0.29) is 18.8 Å². The Morgan fingerprint density at radius 2 is 2.08 bits per heavy atom. The van der Waals surface area contributed by atoms with E-state index in [1.807, 2.05) is 6.07 Å². The zero-order valence-electron chi connectivity index (χ0n) is 12.5. The van der Waals surface area contributed by atoms with Crippen LogP contribution in [-0.2, 0) is 4.79 Å². The van der Waals surface area contributed by atoms with Crippen LogP contribution in [-0.4, -0.2) is 16.1 Å². The Morgan fingerprint density at radius 3 is 2.67 bits per heavy atom. The first-order valence-electron chi connectivity index (χ1n) is 7.14. The molecular formula is C16H14Cl2N4O2. The minimum atomic E-state index is -0.925. The lowest BCUT2D eigenvalue weighted by molar-refractivity contribution is -0.137. The first-order valence-corrected chi connectivity index (χ1v) is 7.89. The van der Waals surface area contributed by atoms with Gasteiger partial charge in [-0.05, 0) is 47.7 Å². The van der Waals surface area contributed by atoms with Gasteiger partial charge in [0.1, 0.15) is 0 Å². The molecule has 0 unspecified atom stereocenters. The van der Waals surface area contributed by atoms with Crippen molar-refractivity contribution in [3.05, 3.63) is 74.3 Å². The third-order valence-corrected chi connectivity index (χ3v) is 4.02. The van der Waals surface area contributed by atoms with Crippen molar-refractivity contribution in [2.45, 2.75) is 24.8 Å². The van der Waals surface area contributed by atoms with E-state index in [2.05, 4.69) is 15.0 Å². The van der Waals surface area contributed by atoms with Gasteiger partial charge < -0.3 is 5.11 Å². The first kappa shape index (κ1) is 18.1. The fourth-order valence-corrected chi connectivity index (χ4v) is 2.80. The number of azide groups is 1. The van der Waals surface area contributed by atoms with E-state index in [4.69, 9.17) is 33.8 Å². The van der Waals surface area contributed by atoms with Gasteiger partial charge in [-0.2, -0.15) is 0 Å². The van der Waals surface area contributed by atoms with E-state index in [0.29, 0.717) is 15.7 Å². The van der Waals surface area contributed by atoms with Crippen molar-refractivity contribution in [2.24, 2.45) is 5.11 Å². The Balaban J connectivity index is 2.45. The number of carbonyl (C=O) groups is 1. The highest BCUT2D eigenvalue weighted by atomic mass is 35.5. The van der Waals surface area contributed by atoms with Crippen molar-refractivity contribution < 1.29 is 9.90 Å². The summed E-state index contributed by atoms with van der Waals surface area (Å²) in [4.78, 5) is 18.1. The predicted octanol–water partition coefficient (Wildman–Crippen LogP) is 5.39. The molecule has 0 aliphatic rings. The summed E-state index contributed by atoms with van der Waals surface area (Å²) in [5, 5.41) is 13.9. The molecule has 6 nitrogen and oxygen atoms in total. The van der Waals surface area contributed by atoms with E-state index in [0.717, 1.165) is 5.56 Å². The number of hydrogen-bond acceptors (Lipinski definition) is 3. The topological polar surface area (TPSA) is 99.0 Å². The molecule has 8 heteroatoms. The largest absolute Gasteiger partial charge is 0.481 e. The second kappa shape index (κ2) is 8.55. The Kier molecular flexibility index (Phi) is 6.44. The maximum absolute atomic E-state index is 11.0. The van der Waals surface area contributed by atoms with E-state index >= 15 is 0 Å². The van der Waals surface area contributed by atoms with Crippen molar-refractivity contribution in [3.8, 4) is 0 Å². The van der Waals surface area contributed by atoms with Gasteiger partial charge in [-0.25, -0.2) is 0 Å². The van der Waals surface area contributed by atoms with Gasteiger partial charge in [-0.15, -0.1) is 0 Å². The molecule has 0 bridgehead atoms. The second-order valence-corrected chi connectivity index (χ2v) is 6.02. The zero-order valence-corrected chi connectivity index (χ0v) is 14.0. The van der Waals surface area contributed by atoms with Crippen LogP contribution in [0.1, 0.15) is 36.1 Å². The SMILES string of the molecule is [N-]=[N+]=N[C@@H](c1ccc(Cl)cn1)[C@@H](CCC(=O)O)c1cccc(Cl)c1. The minimum absolute atomic E-state index is 0.0672. The van der Waals surface area contributed by atoms with Crippen molar-refractivity contribution in [1.82, 2.24) is 4.98 Å². The Morgan fingerprint density at radius 1 is 1.29 bits per heavy atom. The minimum Gasteiger partial charge on any atom is -0.481 e. The normalized spacial score (nSPS) is 12.9. The number of pyridine rings is 1. The molecule has 0 fully saturated rings. The number of nitrogens with zero attached hydrogens (tertiary/aromatic N) is 4. The summed E-state index contributed by atoms with van der Waals surface area (Å²) < 4.78 is 0. The second-order valence-electron chi connectivity index (χ2n) is 5.14. The van der Waals surface area contributed by atoms with Gasteiger partial charge in [0.15, 0.2) is 0 Å². The molecule has 1 aromatic heterocycles. The molecule has 2 aromatic rings. The molecule has 0 radical (unpaired) electrons. The molecule has 2 atom stereocenters. The lowest BCUT2D eigenvalue weighted by Crippen LogP contribution is -2.13. The Labute approximate surface area is 148 Å². The van der Waals surface area contributed by atoms with Crippen LogP contribution in [0.3, 0.4) is 0 Å². The zero-order chi connectivity index (χ0) is 17.5. The summed E-state index contributed by atoms with van der Waals surface area (Å²) in [6, 6.07) is 9.72. The average molecular weight is 365 g/mol. The van der Waals surface area contributed by atoms with Crippen molar-refractivity contribution in [2.75, 3.05) is 0 Å². The van der Waals surface area contributed by atoms with Gasteiger partial charge >= 0.3 is 5.97 Å². The Hall–Kier alpha value is -2.27. The molecule has 0 amide bonds. The van der Waals surface area contributed by atoms with Gasteiger partial charge in [0.2, 0.25) is 0 Å². The van der Waals surface area contributed by atoms with Crippen LogP contribution >= 0.6 is 23.2 Å². The molecule has 0 saturated carbocycles. The Bertz CT molecular complexity index is 761. The van der Waals surface area contributed by atoms with Crippen LogP contribution in [0.2, 0.25) is 10.0 Å². The van der Waals surface area contributed by atoms with E-state index in [1.54, 1.807) is 30.3 Å². The first-order chi connectivity index (χ1) is 11.5. The number of hydrogen-bond donors (Lipinski definition) is 1. The summed E-state index contributed by atoms with van der Waals surface area (Å²) in [6.45, 7) is 0. The highest BCUT2D eigenvalue weighted by molar-refractivity contribution is 6.30. The molecule has 2 rings (SSSR count). The molecule has 124 valence electrons. The van der Waals surface area contributed by atoms with E-state index in [1.165, 1.54) is 6.20 Å². The fraction of sp³-hybridized carbons (Fsp3) is 0.250. The van der Waals surface area contributed by atoms with Crippen LogP contribution in [0.5, 0.6) is 0 Å². The van der Waals surface area contributed by atoms with Crippen LogP contribution in [0.4, 0.5) is 0 Å². The third-order valence-electron chi connectivity index (χ3n) is 3.56. The van der Waals surface area contributed by atoms with Gasteiger partial charge in [0.25, 0.3) is 0 Å². The standard InChI is InChI=1S/C16H14Cl2N4O2/c17-11-3-1-2-10(8-11)13(5-7-15(23)24)16(21-22-19)14-6-4-12(18)9-20-14/h1-4,6,8-9,13,16H,5,7H2,(H,23,24)/t13-,16+/m0/s1. The highest BCUT2D eigenvalue weighted by Crippen LogP contribution is 2.38. The van der Waals surface area contributed by atoms with Gasteiger partial charge in [0.05, 0.1) is 11.1 Å². The lowest BCUT2D eigenvalue weighted by Gasteiger charge is -2.23. The monoisotopic (exact) mass is 364 g/mol. The number of rotatable bonds is 7. The van der Waals surface area contributed by atoms with Crippen molar-refractivity contribution in [3.63, 3.8) is 0 Å². The van der Waals surface area contributed by atoms with Crippen LogP contribution in [0.25, 0.3) is 10.4 Å². The third kappa shape index (κ3) is 4.86. The molecule has 0 aliphatic carbocycles. The summed E-state index contributed by atoms with van der Waals surface area (Å²) in [6.07, 6.45) is 1.68. The fourth-order valence-electron chi connectivity index (χ4n) is 2.49. The van der Waals surface area contributed by atoms with Gasteiger partial charge in [-0.3, -0.25) is 9.78 Å². The van der Waals surface area contributed by atoms with E-state index < -0.39 is 12.0 Å².